The van der Waals surface area contributed by atoms with Gasteiger partial charge in [-0.05, 0) is 31.4 Å². The van der Waals surface area contributed by atoms with Crippen LogP contribution in [0.3, 0.4) is 0 Å². The van der Waals surface area contributed by atoms with E-state index < -0.39 is 0 Å². The van der Waals surface area contributed by atoms with E-state index in [-0.39, 0.29) is 18.1 Å². The lowest BCUT2D eigenvalue weighted by Crippen LogP contribution is -2.46. The second-order valence-corrected chi connectivity index (χ2v) is 8.18. The SMILES string of the molecule is COC(C1CCCN1)C(C)C(=S)NC(Cc1ccccc1)c1nccs1. The molecular formula is C20H27N3OS2. The summed E-state index contributed by atoms with van der Waals surface area (Å²) in [6.07, 6.45) is 5.15. The molecule has 2 heterocycles. The Hall–Kier alpha value is -1.34. The van der Waals surface area contributed by atoms with E-state index in [0.29, 0.717) is 6.04 Å². The van der Waals surface area contributed by atoms with Crippen LogP contribution >= 0.6 is 23.6 Å². The quantitative estimate of drug-likeness (QED) is 0.674. The van der Waals surface area contributed by atoms with E-state index in [0.717, 1.165) is 29.4 Å². The zero-order valence-corrected chi connectivity index (χ0v) is 17.0. The Morgan fingerprint density at radius 3 is 2.85 bits per heavy atom. The van der Waals surface area contributed by atoms with Gasteiger partial charge in [-0.1, -0.05) is 49.5 Å². The molecule has 4 unspecified atom stereocenters. The largest absolute Gasteiger partial charge is 0.379 e. The number of benzene rings is 1. The second kappa shape index (κ2) is 9.55. The van der Waals surface area contributed by atoms with Crippen molar-refractivity contribution in [2.45, 2.75) is 44.4 Å². The first-order valence-corrected chi connectivity index (χ1v) is 10.5. The van der Waals surface area contributed by atoms with Gasteiger partial charge in [0.2, 0.25) is 0 Å². The van der Waals surface area contributed by atoms with Gasteiger partial charge in [0, 0.05) is 30.6 Å². The predicted molar refractivity (Wildman–Crippen MR) is 112 cm³/mol. The number of hydrogen-bond acceptors (Lipinski definition) is 5. The summed E-state index contributed by atoms with van der Waals surface area (Å²) in [5, 5.41) is 10.2. The molecule has 3 rings (SSSR count). The first kappa shape index (κ1) is 19.4. The molecule has 1 saturated heterocycles. The summed E-state index contributed by atoms with van der Waals surface area (Å²) >= 11 is 7.45. The minimum Gasteiger partial charge on any atom is -0.379 e. The van der Waals surface area contributed by atoms with Crippen molar-refractivity contribution in [1.29, 1.82) is 0 Å². The molecule has 0 bridgehead atoms. The molecule has 1 fully saturated rings. The molecule has 0 radical (unpaired) electrons. The Morgan fingerprint density at radius 1 is 1.42 bits per heavy atom. The topological polar surface area (TPSA) is 46.2 Å². The number of nitrogens with zero attached hydrogens (tertiary/aromatic N) is 1. The molecule has 26 heavy (non-hydrogen) atoms. The van der Waals surface area contributed by atoms with Gasteiger partial charge in [0.1, 0.15) is 5.01 Å². The van der Waals surface area contributed by atoms with Gasteiger partial charge in [0.15, 0.2) is 0 Å². The van der Waals surface area contributed by atoms with Crippen LogP contribution in [0.25, 0.3) is 0 Å². The van der Waals surface area contributed by atoms with Crippen LogP contribution in [0.1, 0.15) is 36.4 Å². The molecule has 1 aliphatic rings. The minimum atomic E-state index is 0.0846. The molecule has 4 nitrogen and oxygen atoms in total. The summed E-state index contributed by atoms with van der Waals surface area (Å²) < 4.78 is 5.80. The lowest BCUT2D eigenvalue weighted by atomic mass is 9.95. The van der Waals surface area contributed by atoms with Crippen LogP contribution in [0.15, 0.2) is 41.9 Å². The Kier molecular flexibility index (Phi) is 7.14. The van der Waals surface area contributed by atoms with Gasteiger partial charge in [0.25, 0.3) is 0 Å². The maximum absolute atomic E-state index is 5.80. The number of hydrogen-bond donors (Lipinski definition) is 2. The summed E-state index contributed by atoms with van der Waals surface area (Å²) in [7, 11) is 1.78. The molecule has 0 aliphatic carbocycles. The highest BCUT2D eigenvalue weighted by Gasteiger charge is 2.32. The summed E-state index contributed by atoms with van der Waals surface area (Å²) in [5.74, 6) is 0.142. The van der Waals surface area contributed by atoms with Crippen LogP contribution in [-0.2, 0) is 11.2 Å². The Morgan fingerprint density at radius 2 is 2.23 bits per heavy atom. The van der Waals surface area contributed by atoms with E-state index in [1.807, 2.05) is 17.6 Å². The molecule has 0 saturated carbocycles. The van der Waals surface area contributed by atoms with Crippen molar-refractivity contribution >= 4 is 28.5 Å². The fourth-order valence-corrected chi connectivity index (χ4v) is 4.58. The maximum atomic E-state index is 5.80. The molecule has 4 atom stereocenters. The van der Waals surface area contributed by atoms with Crippen molar-refractivity contribution < 1.29 is 4.74 Å². The van der Waals surface area contributed by atoms with Gasteiger partial charge in [-0.25, -0.2) is 4.98 Å². The van der Waals surface area contributed by atoms with E-state index in [1.165, 1.54) is 12.0 Å². The van der Waals surface area contributed by atoms with Crippen LogP contribution in [-0.4, -0.2) is 35.8 Å². The molecular weight excluding hydrogens is 362 g/mol. The summed E-state index contributed by atoms with van der Waals surface area (Å²) in [6, 6.07) is 10.9. The Bertz CT molecular complexity index is 672. The van der Waals surface area contributed by atoms with Crippen molar-refractivity contribution in [3.8, 4) is 0 Å². The molecule has 1 aromatic carbocycles. The van der Waals surface area contributed by atoms with E-state index >= 15 is 0 Å². The van der Waals surface area contributed by atoms with Crippen LogP contribution in [0.5, 0.6) is 0 Å². The van der Waals surface area contributed by atoms with Crippen molar-refractivity contribution in [1.82, 2.24) is 15.6 Å². The normalized spacial score (nSPS) is 20.5. The van der Waals surface area contributed by atoms with Crippen molar-refractivity contribution in [2.75, 3.05) is 13.7 Å². The predicted octanol–water partition coefficient (Wildman–Crippen LogP) is 3.75. The summed E-state index contributed by atoms with van der Waals surface area (Å²) in [4.78, 5) is 5.37. The molecule has 2 N–H and O–H groups in total. The number of aromatic nitrogens is 1. The standard InChI is InChI=1S/C20H27N3OS2/c1-14(18(24-2)16-9-6-10-21-16)19(25)23-17(20-22-11-12-26-20)13-15-7-4-3-5-8-15/h3-5,7-8,11-12,14,16-18,21H,6,9-10,13H2,1-2H3,(H,23,25). The van der Waals surface area contributed by atoms with Crippen LogP contribution in [0.4, 0.5) is 0 Å². The first-order valence-electron chi connectivity index (χ1n) is 9.19. The van der Waals surface area contributed by atoms with E-state index in [9.17, 15) is 0 Å². The zero-order chi connectivity index (χ0) is 18.4. The summed E-state index contributed by atoms with van der Waals surface area (Å²) in [5.41, 5.74) is 1.27. The minimum absolute atomic E-state index is 0.0846. The Balaban J connectivity index is 1.70. The molecule has 0 spiro atoms. The van der Waals surface area contributed by atoms with E-state index in [4.69, 9.17) is 17.0 Å². The highest BCUT2D eigenvalue weighted by atomic mass is 32.1. The molecule has 1 aromatic heterocycles. The highest BCUT2D eigenvalue weighted by Crippen LogP contribution is 2.24. The number of methoxy groups -OCH3 is 1. The van der Waals surface area contributed by atoms with Crippen LogP contribution in [0.2, 0.25) is 0 Å². The lowest BCUT2D eigenvalue weighted by molar-refractivity contribution is 0.0524. The molecule has 140 valence electrons. The third kappa shape index (κ3) is 4.88. The fraction of sp³-hybridized carbons (Fsp3) is 0.500. The smallest absolute Gasteiger partial charge is 0.115 e. The monoisotopic (exact) mass is 389 g/mol. The fourth-order valence-electron chi connectivity index (χ4n) is 3.62. The van der Waals surface area contributed by atoms with Gasteiger partial charge in [-0.3, -0.25) is 0 Å². The van der Waals surface area contributed by atoms with E-state index in [1.54, 1.807) is 18.4 Å². The maximum Gasteiger partial charge on any atom is 0.115 e. The second-order valence-electron chi connectivity index (χ2n) is 6.81. The first-order chi connectivity index (χ1) is 12.7. The molecule has 0 amide bonds. The number of ether oxygens (including phenoxy) is 1. The zero-order valence-electron chi connectivity index (χ0n) is 15.4. The third-order valence-corrected chi connectivity index (χ3v) is 6.40. The number of thiazole rings is 1. The van der Waals surface area contributed by atoms with Gasteiger partial charge in [-0.15, -0.1) is 11.3 Å². The van der Waals surface area contributed by atoms with Crippen molar-refractivity contribution in [3.05, 3.63) is 52.5 Å². The average Bonchev–Trinajstić information content (AvgIpc) is 3.37. The highest BCUT2D eigenvalue weighted by molar-refractivity contribution is 7.80. The Labute approximate surface area is 165 Å². The van der Waals surface area contributed by atoms with Gasteiger partial charge in [-0.2, -0.15) is 0 Å². The van der Waals surface area contributed by atoms with Crippen LogP contribution < -0.4 is 10.6 Å². The third-order valence-electron chi connectivity index (χ3n) is 5.02. The van der Waals surface area contributed by atoms with Crippen LogP contribution in [0, 0.1) is 5.92 Å². The summed E-state index contributed by atoms with van der Waals surface area (Å²) in [6.45, 7) is 3.22. The number of rotatable bonds is 8. The molecule has 6 heteroatoms. The van der Waals surface area contributed by atoms with Crippen molar-refractivity contribution in [3.63, 3.8) is 0 Å². The van der Waals surface area contributed by atoms with Gasteiger partial charge in [0.05, 0.1) is 17.1 Å². The number of nitrogens with one attached hydrogen (secondary N) is 2. The average molecular weight is 390 g/mol. The van der Waals surface area contributed by atoms with E-state index in [2.05, 4.69) is 46.8 Å². The van der Waals surface area contributed by atoms with Crippen molar-refractivity contribution in [2.24, 2.45) is 5.92 Å². The van der Waals surface area contributed by atoms with Gasteiger partial charge >= 0.3 is 0 Å². The molecule has 2 aromatic rings. The van der Waals surface area contributed by atoms with Gasteiger partial charge < -0.3 is 15.4 Å². The molecule has 1 aliphatic heterocycles. The number of thiocarbonyl (C=S) groups is 1. The lowest BCUT2D eigenvalue weighted by Gasteiger charge is -2.30.